The molecule has 1 aromatic heterocycles. The normalized spacial score (nSPS) is 11.3. The molecule has 0 saturated heterocycles. The van der Waals surface area contributed by atoms with Crippen molar-refractivity contribution in [3.63, 3.8) is 0 Å². The van der Waals surface area contributed by atoms with Crippen LogP contribution in [-0.2, 0) is 12.7 Å². The molecule has 7 nitrogen and oxygen atoms in total. The number of alkyl halides is 3. The van der Waals surface area contributed by atoms with Gasteiger partial charge in [-0.05, 0) is 25.1 Å². The van der Waals surface area contributed by atoms with Gasteiger partial charge in [0.1, 0.15) is 6.20 Å². The summed E-state index contributed by atoms with van der Waals surface area (Å²) in [6.07, 6.45) is -3.47. The van der Waals surface area contributed by atoms with Crippen molar-refractivity contribution < 1.29 is 22.9 Å². The van der Waals surface area contributed by atoms with Crippen molar-refractivity contribution in [2.75, 3.05) is 5.32 Å². The lowest BCUT2D eigenvalue weighted by Gasteiger charge is -2.09. The van der Waals surface area contributed by atoms with E-state index in [0.717, 1.165) is 24.4 Å². The molecule has 0 atom stereocenters. The summed E-state index contributed by atoms with van der Waals surface area (Å²) in [7, 11) is 0. The Morgan fingerprint density at radius 3 is 2.70 bits per heavy atom. The van der Waals surface area contributed by atoms with Gasteiger partial charge in [-0.3, -0.25) is 19.6 Å². The van der Waals surface area contributed by atoms with Gasteiger partial charge in [0.15, 0.2) is 0 Å². The number of nitrogens with zero attached hydrogens (tertiary/aromatic N) is 3. The second-order valence-corrected chi connectivity index (χ2v) is 4.51. The third-order valence-corrected chi connectivity index (χ3v) is 2.93. The number of anilines is 1. The predicted octanol–water partition coefficient (Wildman–Crippen LogP) is 3.08. The van der Waals surface area contributed by atoms with Gasteiger partial charge in [0, 0.05) is 12.2 Å². The number of benzene rings is 1. The van der Waals surface area contributed by atoms with E-state index in [0.29, 0.717) is 6.54 Å². The lowest BCUT2D eigenvalue weighted by molar-refractivity contribution is -0.385. The first-order chi connectivity index (χ1) is 10.7. The molecule has 0 bridgehead atoms. The quantitative estimate of drug-likeness (QED) is 0.690. The van der Waals surface area contributed by atoms with Gasteiger partial charge >= 0.3 is 11.9 Å². The van der Waals surface area contributed by atoms with Crippen LogP contribution in [0.25, 0.3) is 0 Å². The molecule has 1 heterocycles. The Bertz CT molecular complexity index is 755. The zero-order valence-corrected chi connectivity index (χ0v) is 11.8. The Morgan fingerprint density at radius 1 is 1.43 bits per heavy atom. The van der Waals surface area contributed by atoms with E-state index < -0.39 is 34.0 Å². The summed E-state index contributed by atoms with van der Waals surface area (Å²) in [5.41, 5.74) is -2.06. The lowest BCUT2D eigenvalue weighted by Crippen LogP contribution is -2.15. The van der Waals surface area contributed by atoms with Crippen LogP contribution in [0.5, 0.6) is 0 Å². The van der Waals surface area contributed by atoms with E-state index in [9.17, 15) is 28.1 Å². The number of carbonyl (C=O) groups excluding carboxylic acids is 1. The van der Waals surface area contributed by atoms with Gasteiger partial charge in [-0.25, -0.2) is 0 Å². The summed E-state index contributed by atoms with van der Waals surface area (Å²) in [6, 6.07) is 3.96. The lowest BCUT2D eigenvalue weighted by atomic mass is 10.2. The van der Waals surface area contributed by atoms with E-state index in [1.165, 1.54) is 10.7 Å². The average Bonchev–Trinajstić information content (AvgIpc) is 2.91. The molecular formula is C13H11F3N4O3. The van der Waals surface area contributed by atoms with Gasteiger partial charge in [-0.2, -0.15) is 18.3 Å². The van der Waals surface area contributed by atoms with Crippen molar-refractivity contribution in [1.82, 2.24) is 9.78 Å². The zero-order valence-electron chi connectivity index (χ0n) is 11.8. The smallest absolute Gasteiger partial charge is 0.320 e. The fourth-order valence-electron chi connectivity index (χ4n) is 1.83. The first-order valence-corrected chi connectivity index (χ1v) is 6.43. The van der Waals surface area contributed by atoms with Gasteiger partial charge in [0.2, 0.25) is 5.69 Å². The highest BCUT2D eigenvalue weighted by Gasteiger charge is 2.31. The number of aryl methyl sites for hydroxylation is 1. The molecule has 0 aliphatic heterocycles. The molecule has 0 fully saturated rings. The molecule has 1 N–H and O–H groups in total. The van der Waals surface area contributed by atoms with E-state index >= 15 is 0 Å². The van der Waals surface area contributed by atoms with E-state index in [4.69, 9.17) is 0 Å². The first kappa shape index (κ1) is 16.5. The highest BCUT2D eigenvalue weighted by Crippen LogP contribution is 2.30. The molecule has 23 heavy (non-hydrogen) atoms. The van der Waals surface area contributed by atoms with Crippen LogP contribution < -0.4 is 5.32 Å². The second kappa shape index (κ2) is 6.07. The molecular weight excluding hydrogens is 317 g/mol. The third kappa shape index (κ3) is 3.65. The van der Waals surface area contributed by atoms with Gasteiger partial charge in [-0.1, -0.05) is 6.07 Å². The van der Waals surface area contributed by atoms with Crippen molar-refractivity contribution in [2.45, 2.75) is 19.6 Å². The van der Waals surface area contributed by atoms with Crippen molar-refractivity contribution in [3.8, 4) is 0 Å². The number of aromatic nitrogens is 2. The predicted molar refractivity (Wildman–Crippen MR) is 74.0 cm³/mol. The molecule has 0 spiro atoms. The van der Waals surface area contributed by atoms with Crippen LogP contribution in [-0.4, -0.2) is 20.6 Å². The standard InChI is InChI=1S/C13H11F3N4O3/c1-2-19-7-10(20(22)23)11(18-19)12(21)17-9-5-3-4-8(6-9)13(14,15)16/h3-7H,2H2,1H3,(H,17,21). The number of nitrogens with one attached hydrogen (secondary N) is 1. The van der Waals surface area contributed by atoms with Crippen molar-refractivity contribution in [2.24, 2.45) is 0 Å². The summed E-state index contributed by atoms with van der Waals surface area (Å²) in [6.45, 7) is 1.98. The topological polar surface area (TPSA) is 90.1 Å². The Labute approximate surface area is 127 Å². The molecule has 0 aliphatic rings. The highest BCUT2D eigenvalue weighted by molar-refractivity contribution is 6.05. The fourth-order valence-corrected chi connectivity index (χ4v) is 1.83. The first-order valence-electron chi connectivity index (χ1n) is 6.43. The molecule has 10 heteroatoms. The molecule has 0 unspecified atom stereocenters. The van der Waals surface area contributed by atoms with Crippen molar-refractivity contribution in [1.29, 1.82) is 0 Å². The third-order valence-electron chi connectivity index (χ3n) is 2.93. The zero-order chi connectivity index (χ0) is 17.2. The molecule has 2 rings (SSSR count). The minimum Gasteiger partial charge on any atom is -0.320 e. The largest absolute Gasteiger partial charge is 0.416 e. The number of amides is 1. The monoisotopic (exact) mass is 328 g/mol. The van der Waals surface area contributed by atoms with Gasteiger partial charge in [-0.15, -0.1) is 0 Å². The average molecular weight is 328 g/mol. The minimum atomic E-state index is -4.56. The molecule has 0 saturated carbocycles. The van der Waals surface area contributed by atoms with E-state index in [1.807, 2.05) is 0 Å². The Morgan fingerprint density at radius 2 is 2.13 bits per heavy atom. The number of halogens is 3. The van der Waals surface area contributed by atoms with E-state index in [2.05, 4.69) is 10.4 Å². The summed E-state index contributed by atoms with van der Waals surface area (Å²) < 4.78 is 39.1. The molecule has 1 aromatic carbocycles. The van der Waals surface area contributed by atoms with Crippen molar-refractivity contribution in [3.05, 3.63) is 51.8 Å². The molecule has 1 amide bonds. The Hall–Kier alpha value is -2.91. The van der Waals surface area contributed by atoms with E-state index in [-0.39, 0.29) is 5.69 Å². The number of rotatable bonds is 4. The summed E-state index contributed by atoms with van der Waals surface area (Å²) >= 11 is 0. The van der Waals surface area contributed by atoms with Crippen LogP contribution in [0, 0.1) is 10.1 Å². The number of nitro groups is 1. The van der Waals surface area contributed by atoms with Crippen LogP contribution >= 0.6 is 0 Å². The maximum absolute atomic E-state index is 12.6. The molecule has 122 valence electrons. The summed E-state index contributed by atoms with van der Waals surface area (Å²) in [5, 5.41) is 16.9. The second-order valence-electron chi connectivity index (χ2n) is 4.51. The molecule has 0 radical (unpaired) electrons. The van der Waals surface area contributed by atoms with Gasteiger partial charge in [0.05, 0.1) is 10.5 Å². The van der Waals surface area contributed by atoms with E-state index in [1.54, 1.807) is 6.92 Å². The molecule has 0 aliphatic carbocycles. The maximum atomic E-state index is 12.6. The summed E-state index contributed by atoms with van der Waals surface area (Å²) in [4.78, 5) is 22.2. The number of hydrogen-bond acceptors (Lipinski definition) is 4. The van der Waals surface area contributed by atoms with Crippen LogP contribution in [0.2, 0.25) is 0 Å². The van der Waals surface area contributed by atoms with Gasteiger partial charge in [0.25, 0.3) is 5.91 Å². The van der Waals surface area contributed by atoms with Crippen LogP contribution in [0.15, 0.2) is 30.5 Å². The van der Waals surface area contributed by atoms with Crippen LogP contribution in [0.3, 0.4) is 0 Å². The maximum Gasteiger partial charge on any atom is 0.416 e. The Balaban J connectivity index is 2.29. The molecule has 2 aromatic rings. The minimum absolute atomic E-state index is 0.134. The fraction of sp³-hybridized carbons (Fsp3) is 0.231. The SMILES string of the molecule is CCn1cc([N+](=O)[O-])c(C(=O)Nc2cccc(C(F)(F)F)c2)n1. The number of hydrogen-bond donors (Lipinski definition) is 1. The van der Waals surface area contributed by atoms with Gasteiger partial charge < -0.3 is 5.32 Å². The highest BCUT2D eigenvalue weighted by atomic mass is 19.4. The van der Waals surface area contributed by atoms with Crippen molar-refractivity contribution >= 4 is 17.3 Å². The van der Waals surface area contributed by atoms with Crippen LogP contribution in [0.4, 0.5) is 24.5 Å². The number of carbonyl (C=O) groups is 1. The summed E-state index contributed by atoms with van der Waals surface area (Å²) in [5.74, 6) is -0.955. The van der Waals surface area contributed by atoms with Crippen LogP contribution in [0.1, 0.15) is 23.0 Å². The Kier molecular flexibility index (Phi) is 4.34.